The van der Waals surface area contributed by atoms with Gasteiger partial charge in [-0.05, 0) is 55.8 Å². The Morgan fingerprint density at radius 2 is 1.93 bits per heavy atom. The van der Waals surface area contributed by atoms with Gasteiger partial charge in [-0.15, -0.1) is 0 Å². The summed E-state index contributed by atoms with van der Waals surface area (Å²) in [6.07, 6.45) is 3.99. The molecule has 3 heterocycles. The molecule has 2 saturated heterocycles. The molecule has 0 bridgehead atoms. The van der Waals surface area contributed by atoms with Crippen molar-refractivity contribution in [2.75, 3.05) is 26.2 Å². The van der Waals surface area contributed by atoms with Crippen LogP contribution in [0, 0.1) is 17.6 Å². The van der Waals surface area contributed by atoms with Crippen LogP contribution in [0.4, 0.5) is 8.78 Å². The maximum atomic E-state index is 13.5. The number of amides is 1. The van der Waals surface area contributed by atoms with Gasteiger partial charge in [-0.1, -0.05) is 18.1 Å². The zero-order chi connectivity index (χ0) is 20.4. The van der Waals surface area contributed by atoms with E-state index < -0.39 is 11.6 Å². The van der Waals surface area contributed by atoms with Crippen LogP contribution in [0.15, 0.2) is 28.8 Å². The molecule has 2 fully saturated rings. The van der Waals surface area contributed by atoms with E-state index in [0.717, 1.165) is 63.1 Å². The fourth-order valence-corrected chi connectivity index (χ4v) is 4.29. The summed E-state index contributed by atoms with van der Waals surface area (Å²) in [5, 5.41) is 4.18. The molecule has 2 aliphatic rings. The minimum absolute atomic E-state index is 0.0786. The Balaban J connectivity index is 1.38. The average Bonchev–Trinajstić information content (AvgIpc) is 3.21. The molecule has 29 heavy (non-hydrogen) atoms. The lowest BCUT2D eigenvalue weighted by Crippen LogP contribution is -2.37. The molecular weight excluding hydrogens is 376 g/mol. The minimum atomic E-state index is -0.826. The van der Waals surface area contributed by atoms with Crippen molar-refractivity contribution in [3.8, 4) is 0 Å². The van der Waals surface area contributed by atoms with Crippen molar-refractivity contribution >= 4 is 5.91 Å². The van der Waals surface area contributed by atoms with Gasteiger partial charge >= 0.3 is 0 Å². The summed E-state index contributed by atoms with van der Waals surface area (Å²) in [7, 11) is 0. The van der Waals surface area contributed by atoms with Crippen LogP contribution in [0.25, 0.3) is 0 Å². The lowest BCUT2D eigenvalue weighted by molar-refractivity contribution is 0.0655. The number of hydrogen-bond acceptors (Lipinski definition) is 4. The van der Waals surface area contributed by atoms with Crippen LogP contribution in [0.1, 0.15) is 60.3 Å². The second-order valence-electron chi connectivity index (χ2n) is 8.41. The van der Waals surface area contributed by atoms with Gasteiger partial charge in [-0.2, -0.15) is 0 Å². The maximum Gasteiger partial charge on any atom is 0.292 e. The van der Waals surface area contributed by atoms with E-state index in [0.29, 0.717) is 18.2 Å². The first-order chi connectivity index (χ1) is 14.0. The van der Waals surface area contributed by atoms with Crippen molar-refractivity contribution in [1.82, 2.24) is 15.0 Å². The Kier molecular flexibility index (Phi) is 5.94. The molecular formula is C22H27F2N3O2. The van der Waals surface area contributed by atoms with Gasteiger partial charge in [0.05, 0.1) is 5.69 Å². The average molecular weight is 403 g/mol. The number of piperidine rings is 2. The molecule has 1 amide bonds. The number of halogens is 2. The number of carbonyl (C=O) groups is 1. The summed E-state index contributed by atoms with van der Waals surface area (Å²) in [5.74, 6) is -0.582. The first-order valence-corrected chi connectivity index (χ1v) is 10.4. The highest BCUT2D eigenvalue weighted by atomic mass is 19.2. The number of benzene rings is 1. The second-order valence-corrected chi connectivity index (χ2v) is 8.41. The number of nitrogens with zero attached hydrogens (tertiary/aromatic N) is 3. The molecule has 4 rings (SSSR count). The number of likely N-dealkylation sites (tertiary alicyclic amines) is 2. The molecule has 0 N–H and O–H groups in total. The highest BCUT2D eigenvalue weighted by Gasteiger charge is 2.28. The van der Waals surface area contributed by atoms with E-state index in [1.807, 2.05) is 4.90 Å². The van der Waals surface area contributed by atoms with Crippen molar-refractivity contribution < 1.29 is 18.1 Å². The van der Waals surface area contributed by atoms with Crippen molar-refractivity contribution in [2.24, 2.45) is 5.92 Å². The van der Waals surface area contributed by atoms with Crippen LogP contribution in [-0.4, -0.2) is 47.0 Å². The second kappa shape index (κ2) is 8.61. The van der Waals surface area contributed by atoms with Crippen LogP contribution in [0.5, 0.6) is 0 Å². The zero-order valence-electron chi connectivity index (χ0n) is 16.7. The lowest BCUT2D eigenvalue weighted by atomic mass is 9.94. The van der Waals surface area contributed by atoms with E-state index in [4.69, 9.17) is 4.52 Å². The summed E-state index contributed by atoms with van der Waals surface area (Å²) >= 11 is 0. The van der Waals surface area contributed by atoms with Gasteiger partial charge in [0.15, 0.2) is 11.6 Å². The SMILES string of the molecule is CC1CCN(C(=O)c2cc(C3CCCN(Cc4ccc(F)c(F)c4)C3)no2)CC1. The third kappa shape index (κ3) is 4.66. The van der Waals surface area contributed by atoms with Gasteiger partial charge in [-0.25, -0.2) is 8.78 Å². The van der Waals surface area contributed by atoms with Gasteiger partial charge in [0, 0.05) is 38.2 Å². The third-order valence-corrected chi connectivity index (χ3v) is 6.12. The quantitative estimate of drug-likeness (QED) is 0.768. The molecule has 1 aromatic carbocycles. The van der Waals surface area contributed by atoms with E-state index >= 15 is 0 Å². The molecule has 0 radical (unpaired) electrons. The highest BCUT2D eigenvalue weighted by molar-refractivity contribution is 5.91. The number of carbonyl (C=O) groups excluding carboxylic acids is 1. The summed E-state index contributed by atoms with van der Waals surface area (Å²) in [6, 6.07) is 5.83. The topological polar surface area (TPSA) is 49.6 Å². The van der Waals surface area contributed by atoms with E-state index in [9.17, 15) is 13.6 Å². The van der Waals surface area contributed by atoms with Crippen LogP contribution in [-0.2, 0) is 6.54 Å². The fraction of sp³-hybridized carbons (Fsp3) is 0.545. The molecule has 5 nitrogen and oxygen atoms in total. The van der Waals surface area contributed by atoms with Crippen LogP contribution in [0.2, 0.25) is 0 Å². The Bertz CT molecular complexity index is 861. The molecule has 0 aliphatic carbocycles. The van der Waals surface area contributed by atoms with E-state index in [1.165, 1.54) is 12.1 Å². The molecule has 7 heteroatoms. The van der Waals surface area contributed by atoms with Gasteiger partial charge in [0.25, 0.3) is 5.91 Å². The van der Waals surface area contributed by atoms with Crippen molar-refractivity contribution in [2.45, 2.75) is 45.1 Å². The minimum Gasteiger partial charge on any atom is -0.351 e. The van der Waals surface area contributed by atoms with Crippen molar-refractivity contribution in [3.05, 3.63) is 52.9 Å². The summed E-state index contributed by atoms with van der Waals surface area (Å²) < 4.78 is 32.0. The fourth-order valence-electron chi connectivity index (χ4n) is 4.29. The zero-order valence-corrected chi connectivity index (χ0v) is 16.7. The molecule has 1 atom stereocenters. The first-order valence-electron chi connectivity index (χ1n) is 10.4. The Hall–Kier alpha value is -2.28. The van der Waals surface area contributed by atoms with E-state index in [2.05, 4.69) is 17.0 Å². The van der Waals surface area contributed by atoms with Crippen LogP contribution >= 0.6 is 0 Å². The van der Waals surface area contributed by atoms with Crippen molar-refractivity contribution in [1.29, 1.82) is 0 Å². The summed E-state index contributed by atoms with van der Waals surface area (Å²) in [6.45, 7) is 5.95. The largest absolute Gasteiger partial charge is 0.351 e. The smallest absolute Gasteiger partial charge is 0.292 e. The maximum absolute atomic E-state index is 13.5. The molecule has 0 saturated carbocycles. The van der Waals surface area contributed by atoms with Crippen LogP contribution in [0.3, 0.4) is 0 Å². The normalized spacial score (nSPS) is 21.5. The Morgan fingerprint density at radius 1 is 1.14 bits per heavy atom. The monoisotopic (exact) mass is 403 g/mol. The number of rotatable bonds is 4. The molecule has 2 aliphatic heterocycles. The first kappa shape index (κ1) is 20.0. The van der Waals surface area contributed by atoms with E-state index in [-0.39, 0.29) is 11.8 Å². The van der Waals surface area contributed by atoms with Gasteiger partial charge in [0.1, 0.15) is 0 Å². The van der Waals surface area contributed by atoms with Crippen molar-refractivity contribution in [3.63, 3.8) is 0 Å². The summed E-state index contributed by atoms with van der Waals surface area (Å²) in [5.41, 5.74) is 1.55. The predicted octanol–water partition coefficient (Wildman–Crippen LogP) is 4.20. The van der Waals surface area contributed by atoms with Gasteiger partial charge < -0.3 is 9.42 Å². The third-order valence-electron chi connectivity index (χ3n) is 6.12. The highest BCUT2D eigenvalue weighted by Crippen LogP contribution is 2.28. The predicted molar refractivity (Wildman–Crippen MR) is 104 cm³/mol. The Labute approximate surface area is 169 Å². The van der Waals surface area contributed by atoms with Gasteiger partial charge in [-0.3, -0.25) is 9.69 Å². The lowest BCUT2D eigenvalue weighted by Gasteiger charge is -2.31. The van der Waals surface area contributed by atoms with Crippen LogP contribution < -0.4 is 0 Å². The standard InChI is InChI=1S/C22H27F2N3O2/c1-15-6-9-27(10-7-15)22(28)21-12-20(25-29-21)17-3-2-8-26(14-17)13-16-4-5-18(23)19(24)11-16/h4-5,11-12,15,17H,2-3,6-10,13-14H2,1H3. The Morgan fingerprint density at radius 3 is 2.69 bits per heavy atom. The molecule has 1 aromatic heterocycles. The molecule has 0 spiro atoms. The molecule has 1 unspecified atom stereocenters. The number of aromatic nitrogens is 1. The summed E-state index contributed by atoms with van der Waals surface area (Å²) in [4.78, 5) is 16.7. The van der Waals surface area contributed by atoms with E-state index in [1.54, 1.807) is 12.1 Å². The van der Waals surface area contributed by atoms with Gasteiger partial charge in [0.2, 0.25) is 5.76 Å². The molecule has 2 aromatic rings. The molecule has 156 valence electrons. The number of hydrogen-bond donors (Lipinski definition) is 0.